The van der Waals surface area contributed by atoms with Crippen LogP contribution in [0.25, 0.3) is 0 Å². The van der Waals surface area contributed by atoms with Gasteiger partial charge in [-0.25, -0.2) is 4.39 Å². The highest BCUT2D eigenvalue weighted by molar-refractivity contribution is 6.31. The molecule has 0 unspecified atom stereocenters. The second-order valence-corrected chi connectivity index (χ2v) is 5.20. The van der Waals surface area contributed by atoms with Crippen LogP contribution in [0.15, 0.2) is 36.4 Å². The normalized spacial score (nSPS) is 10.3. The Morgan fingerprint density at radius 3 is 2.65 bits per heavy atom. The quantitative estimate of drug-likeness (QED) is 0.842. The minimum absolute atomic E-state index is 0.0521. The fourth-order valence-corrected chi connectivity index (χ4v) is 2.10. The van der Waals surface area contributed by atoms with Crippen molar-refractivity contribution in [1.82, 2.24) is 0 Å². The molecule has 0 heterocycles. The molecule has 1 N–H and O–H groups in total. The van der Waals surface area contributed by atoms with Crippen LogP contribution >= 0.6 is 11.6 Å². The molecule has 0 saturated carbocycles. The number of rotatable bonds is 6. The Hall–Kier alpha value is -2.27. The van der Waals surface area contributed by atoms with E-state index in [-0.39, 0.29) is 10.9 Å². The number of benzene rings is 2. The first-order valence-electron chi connectivity index (χ1n) is 7.12. The molecular weight excluding hydrogens is 321 g/mol. The van der Waals surface area contributed by atoms with Crippen LogP contribution < -0.4 is 14.8 Å². The Labute approximate surface area is 139 Å². The summed E-state index contributed by atoms with van der Waals surface area (Å²) in [6, 6.07) is 8.89. The summed E-state index contributed by atoms with van der Waals surface area (Å²) in [6.07, 6.45) is 0.872. The fraction of sp³-hybridized carbons (Fsp3) is 0.235. The predicted octanol–water partition coefficient (Wildman–Crippen LogP) is 4.53. The van der Waals surface area contributed by atoms with E-state index in [4.69, 9.17) is 21.1 Å². The minimum atomic E-state index is -0.538. The average Bonchev–Trinajstić information content (AvgIpc) is 2.56. The molecule has 0 spiro atoms. The summed E-state index contributed by atoms with van der Waals surface area (Å²) in [6.45, 7) is 2.57. The summed E-state index contributed by atoms with van der Waals surface area (Å²) in [5, 5.41) is 2.60. The number of ether oxygens (including phenoxy) is 2. The van der Waals surface area contributed by atoms with Crippen molar-refractivity contribution in [2.75, 3.05) is 19.0 Å². The van der Waals surface area contributed by atoms with Crippen molar-refractivity contribution < 1.29 is 18.7 Å². The van der Waals surface area contributed by atoms with Crippen molar-refractivity contribution >= 4 is 23.2 Å². The molecule has 0 aliphatic carbocycles. The molecule has 0 aliphatic rings. The van der Waals surface area contributed by atoms with Crippen LogP contribution in [0.5, 0.6) is 11.5 Å². The highest BCUT2D eigenvalue weighted by Crippen LogP contribution is 2.28. The van der Waals surface area contributed by atoms with Gasteiger partial charge >= 0.3 is 0 Å². The standard InChI is InChI=1S/C17H17ClFNO3/c1-3-8-23-15-7-4-11(9-16(15)22-2)17(21)20-12-5-6-14(19)13(18)10-12/h4-7,9-10H,3,8H2,1-2H3,(H,20,21). The van der Waals surface area contributed by atoms with Gasteiger partial charge < -0.3 is 14.8 Å². The molecule has 0 fully saturated rings. The maximum absolute atomic E-state index is 13.1. The van der Waals surface area contributed by atoms with Crippen LogP contribution in [0.2, 0.25) is 5.02 Å². The lowest BCUT2D eigenvalue weighted by molar-refractivity contribution is 0.102. The summed E-state index contributed by atoms with van der Waals surface area (Å²) >= 11 is 5.70. The van der Waals surface area contributed by atoms with Gasteiger partial charge in [-0.1, -0.05) is 18.5 Å². The van der Waals surface area contributed by atoms with Gasteiger partial charge in [0.1, 0.15) is 5.82 Å². The van der Waals surface area contributed by atoms with E-state index in [1.165, 1.54) is 25.3 Å². The number of carbonyl (C=O) groups excluding carboxylic acids is 1. The zero-order valence-corrected chi connectivity index (χ0v) is 13.6. The molecule has 122 valence electrons. The summed E-state index contributed by atoms with van der Waals surface area (Å²) in [7, 11) is 1.51. The lowest BCUT2D eigenvalue weighted by atomic mass is 10.2. The van der Waals surface area contributed by atoms with Gasteiger partial charge in [0.2, 0.25) is 0 Å². The predicted molar refractivity (Wildman–Crippen MR) is 88.1 cm³/mol. The third-order valence-electron chi connectivity index (χ3n) is 3.06. The molecule has 0 atom stereocenters. The Morgan fingerprint density at radius 1 is 1.22 bits per heavy atom. The Balaban J connectivity index is 2.16. The molecule has 2 aromatic carbocycles. The number of anilines is 1. The summed E-state index contributed by atoms with van der Waals surface area (Å²) < 4.78 is 23.9. The van der Waals surface area contributed by atoms with Gasteiger partial charge in [0.15, 0.2) is 11.5 Å². The number of carbonyl (C=O) groups is 1. The summed E-state index contributed by atoms with van der Waals surface area (Å²) in [5.41, 5.74) is 0.804. The maximum Gasteiger partial charge on any atom is 0.255 e. The largest absolute Gasteiger partial charge is 0.493 e. The number of hydrogen-bond donors (Lipinski definition) is 1. The molecule has 0 aromatic heterocycles. The molecule has 2 rings (SSSR count). The van der Waals surface area contributed by atoms with Gasteiger partial charge in [0.05, 0.1) is 18.7 Å². The van der Waals surface area contributed by atoms with E-state index < -0.39 is 5.82 Å². The number of amides is 1. The van der Waals surface area contributed by atoms with Crippen molar-refractivity contribution in [3.63, 3.8) is 0 Å². The van der Waals surface area contributed by atoms with Crippen LogP contribution in [-0.2, 0) is 0 Å². The summed E-state index contributed by atoms with van der Waals surface area (Å²) in [4.78, 5) is 12.3. The van der Waals surface area contributed by atoms with Crippen LogP contribution in [0, 0.1) is 5.82 Å². The maximum atomic E-state index is 13.1. The van der Waals surface area contributed by atoms with Crippen molar-refractivity contribution in [2.45, 2.75) is 13.3 Å². The number of halogens is 2. The van der Waals surface area contributed by atoms with E-state index in [0.717, 1.165) is 6.42 Å². The zero-order chi connectivity index (χ0) is 16.8. The van der Waals surface area contributed by atoms with Crippen LogP contribution in [0.3, 0.4) is 0 Å². The van der Waals surface area contributed by atoms with Crippen LogP contribution in [-0.4, -0.2) is 19.6 Å². The lowest BCUT2D eigenvalue weighted by Crippen LogP contribution is -2.12. The number of nitrogens with one attached hydrogen (secondary N) is 1. The van der Waals surface area contributed by atoms with Crippen molar-refractivity contribution in [3.8, 4) is 11.5 Å². The molecule has 0 aliphatic heterocycles. The second kappa shape index (κ2) is 7.83. The van der Waals surface area contributed by atoms with Gasteiger partial charge in [0, 0.05) is 11.3 Å². The first kappa shape index (κ1) is 17.1. The molecular formula is C17H17ClFNO3. The van der Waals surface area contributed by atoms with Gasteiger partial charge in [-0.15, -0.1) is 0 Å². The van der Waals surface area contributed by atoms with Crippen LogP contribution in [0.1, 0.15) is 23.7 Å². The Bertz CT molecular complexity index is 706. The Kier molecular flexibility index (Phi) is 5.82. The van der Waals surface area contributed by atoms with Gasteiger partial charge in [-0.2, -0.15) is 0 Å². The molecule has 1 amide bonds. The van der Waals surface area contributed by atoms with Crippen molar-refractivity contribution in [1.29, 1.82) is 0 Å². The molecule has 4 nitrogen and oxygen atoms in total. The highest BCUT2D eigenvalue weighted by Gasteiger charge is 2.12. The third kappa shape index (κ3) is 4.36. The first-order valence-corrected chi connectivity index (χ1v) is 7.50. The van der Waals surface area contributed by atoms with E-state index in [1.807, 2.05) is 6.92 Å². The topological polar surface area (TPSA) is 47.6 Å². The molecule has 0 radical (unpaired) electrons. The molecule has 2 aromatic rings. The van der Waals surface area contributed by atoms with E-state index in [0.29, 0.717) is 29.4 Å². The van der Waals surface area contributed by atoms with Gasteiger partial charge in [0.25, 0.3) is 5.91 Å². The minimum Gasteiger partial charge on any atom is -0.493 e. The number of hydrogen-bond acceptors (Lipinski definition) is 3. The van der Waals surface area contributed by atoms with Crippen LogP contribution in [0.4, 0.5) is 10.1 Å². The first-order chi connectivity index (χ1) is 11.0. The molecule has 6 heteroatoms. The van der Waals surface area contributed by atoms with E-state index in [9.17, 15) is 9.18 Å². The SMILES string of the molecule is CCCOc1ccc(C(=O)Nc2ccc(F)c(Cl)c2)cc1OC. The fourth-order valence-electron chi connectivity index (χ4n) is 1.92. The van der Waals surface area contributed by atoms with E-state index >= 15 is 0 Å². The van der Waals surface area contributed by atoms with Crippen molar-refractivity contribution in [3.05, 3.63) is 52.8 Å². The second-order valence-electron chi connectivity index (χ2n) is 4.80. The monoisotopic (exact) mass is 337 g/mol. The summed E-state index contributed by atoms with van der Waals surface area (Å²) in [5.74, 6) is 0.163. The highest BCUT2D eigenvalue weighted by atomic mass is 35.5. The molecule has 0 bridgehead atoms. The van der Waals surface area contributed by atoms with Gasteiger partial charge in [-0.3, -0.25) is 4.79 Å². The molecule has 23 heavy (non-hydrogen) atoms. The Morgan fingerprint density at radius 2 is 2.00 bits per heavy atom. The zero-order valence-electron chi connectivity index (χ0n) is 12.9. The van der Waals surface area contributed by atoms with Crippen molar-refractivity contribution in [2.24, 2.45) is 0 Å². The van der Waals surface area contributed by atoms with Gasteiger partial charge in [-0.05, 0) is 42.8 Å². The smallest absolute Gasteiger partial charge is 0.255 e. The lowest BCUT2D eigenvalue weighted by Gasteiger charge is -2.12. The number of methoxy groups -OCH3 is 1. The third-order valence-corrected chi connectivity index (χ3v) is 3.35. The van der Waals surface area contributed by atoms with E-state index in [1.54, 1.807) is 18.2 Å². The molecule has 0 saturated heterocycles. The average molecular weight is 338 g/mol. The van der Waals surface area contributed by atoms with E-state index in [2.05, 4.69) is 5.32 Å².